The van der Waals surface area contributed by atoms with Crippen molar-refractivity contribution in [2.45, 2.75) is 13.3 Å². The van der Waals surface area contributed by atoms with Gasteiger partial charge in [0.05, 0.1) is 6.54 Å². The van der Waals surface area contributed by atoms with E-state index in [2.05, 4.69) is 10.6 Å². The van der Waals surface area contributed by atoms with Crippen molar-refractivity contribution in [2.75, 3.05) is 18.5 Å². The van der Waals surface area contributed by atoms with E-state index in [0.717, 1.165) is 17.7 Å². The second-order valence-corrected chi connectivity index (χ2v) is 5.08. The van der Waals surface area contributed by atoms with Crippen LogP contribution in [-0.4, -0.2) is 25.0 Å². The highest BCUT2D eigenvalue weighted by Crippen LogP contribution is 2.15. The van der Waals surface area contributed by atoms with E-state index in [9.17, 15) is 14.0 Å². The molecule has 0 aliphatic heterocycles. The van der Waals surface area contributed by atoms with Gasteiger partial charge in [0.2, 0.25) is 5.91 Å². The largest absolute Gasteiger partial charge is 0.484 e. The number of benzene rings is 2. The summed E-state index contributed by atoms with van der Waals surface area (Å²) in [5, 5.41) is 5.23. The number of hydrogen-bond acceptors (Lipinski definition) is 3. The number of rotatable bonds is 7. The van der Waals surface area contributed by atoms with Crippen LogP contribution >= 0.6 is 0 Å². The number of aryl methyl sites for hydroxylation is 1. The molecule has 2 aromatic carbocycles. The molecule has 5 nitrogen and oxygen atoms in total. The number of ether oxygens (including phenoxy) is 1. The summed E-state index contributed by atoms with van der Waals surface area (Å²) in [7, 11) is 0. The summed E-state index contributed by atoms with van der Waals surface area (Å²) in [6, 6.07) is 12.8. The quantitative estimate of drug-likeness (QED) is 0.820. The van der Waals surface area contributed by atoms with Crippen molar-refractivity contribution in [3.05, 3.63) is 59.9 Å². The van der Waals surface area contributed by atoms with Gasteiger partial charge in [0.1, 0.15) is 11.6 Å². The summed E-state index contributed by atoms with van der Waals surface area (Å²) in [5.41, 5.74) is 1.76. The van der Waals surface area contributed by atoms with Crippen LogP contribution in [0.3, 0.4) is 0 Å². The predicted octanol–water partition coefficient (Wildman–Crippen LogP) is 2.52. The van der Waals surface area contributed by atoms with Crippen LogP contribution in [0.25, 0.3) is 0 Å². The fourth-order valence-corrected chi connectivity index (χ4v) is 2.05. The Morgan fingerprint density at radius 1 is 1.04 bits per heavy atom. The molecule has 126 valence electrons. The number of para-hydroxylation sites is 1. The summed E-state index contributed by atoms with van der Waals surface area (Å²) in [6.45, 7) is 1.60. The smallest absolute Gasteiger partial charge is 0.258 e. The number of carbonyl (C=O) groups is 2. The van der Waals surface area contributed by atoms with Crippen molar-refractivity contribution in [2.24, 2.45) is 0 Å². The van der Waals surface area contributed by atoms with Crippen LogP contribution in [0.5, 0.6) is 5.75 Å². The minimum atomic E-state index is -0.432. The molecule has 2 amide bonds. The molecule has 2 N–H and O–H groups in total. The molecular weight excluding hydrogens is 311 g/mol. The fourth-order valence-electron chi connectivity index (χ4n) is 2.05. The lowest BCUT2D eigenvalue weighted by atomic mass is 10.1. The van der Waals surface area contributed by atoms with Gasteiger partial charge in [0.15, 0.2) is 6.61 Å². The molecule has 0 aliphatic carbocycles. The number of nitrogens with one attached hydrogen (secondary N) is 2. The van der Waals surface area contributed by atoms with E-state index in [-0.39, 0.29) is 24.9 Å². The summed E-state index contributed by atoms with van der Waals surface area (Å²) in [6.07, 6.45) is 0.800. The van der Waals surface area contributed by atoms with Crippen molar-refractivity contribution in [3.63, 3.8) is 0 Å². The van der Waals surface area contributed by atoms with Gasteiger partial charge in [-0.1, -0.05) is 25.1 Å². The second-order valence-electron chi connectivity index (χ2n) is 5.08. The van der Waals surface area contributed by atoms with E-state index in [1.165, 1.54) is 24.3 Å². The van der Waals surface area contributed by atoms with Crippen molar-refractivity contribution in [3.8, 4) is 5.75 Å². The third-order valence-corrected chi connectivity index (χ3v) is 3.30. The van der Waals surface area contributed by atoms with Gasteiger partial charge < -0.3 is 15.4 Å². The Morgan fingerprint density at radius 2 is 1.75 bits per heavy atom. The second kappa shape index (κ2) is 8.67. The van der Waals surface area contributed by atoms with Crippen molar-refractivity contribution in [1.82, 2.24) is 5.32 Å². The molecule has 0 bridgehead atoms. The van der Waals surface area contributed by atoms with E-state index in [1.54, 1.807) is 0 Å². The molecule has 0 spiro atoms. The van der Waals surface area contributed by atoms with Gasteiger partial charge in [0.25, 0.3) is 5.91 Å². The molecule has 2 rings (SSSR count). The summed E-state index contributed by atoms with van der Waals surface area (Å²) >= 11 is 0. The van der Waals surface area contributed by atoms with E-state index < -0.39 is 5.91 Å². The van der Waals surface area contributed by atoms with Gasteiger partial charge in [-0.2, -0.15) is 0 Å². The Bertz CT molecular complexity index is 702. The number of amides is 2. The van der Waals surface area contributed by atoms with Crippen LogP contribution < -0.4 is 15.4 Å². The molecular formula is C18H19FN2O3. The zero-order chi connectivity index (χ0) is 17.4. The van der Waals surface area contributed by atoms with Crippen LogP contribution in [0, 0.1) is 5.82 Å². The Labute approximate surface area is 139 Å². The van der Waals surface area contributed by atoms with Crippen LogP contribution in [0.1, 0.15) is 12.5 Å². The zero-order valence-corrected chi connectivity index (χ0v) is 13.3. The predicted molar refractivity (Wildman–Crippen MR) is 89.4 cm³/mol. The van der Waals surface area contributed by atoms with Gasteiger partial charge in [0, 0.05) is 5.69 Å². The maximum absolute atomic E-state index is 12.7. The van der Waals surface area contributed by atoms with Crippen LogP contribution in [0.4, 0.5) is 10.1 Å². The molecule has 0 fully saturated rings. The number of carbonyl (C=O) groups excluding carboxylic acids is 2. The zero-order valence-electron chi connectivity index (χ0n) is 13.3. The average Bonchev–Trinajstić information content (AvgIpc) is 2.60. The van der Waals surface area contributed by atoms with Gasteiger partial charge in [-0.3, -0.25) is 9.59 Å². The van der Waals surface area contributed by atoms with Crippen LogP contribution in [-0.2, 0) is 16.0 Å². The third-order valence-electron chi connectivity index (χ3n) is 3.30. The molecule has 0 unspecified atom stereocenters. The van der Waals surface area contributed by atoms with Gasteiger partial charge >= 0.3 is 0 Å². The van der Waals surface area contributed by atoms with Crippen molar-refractivity contribution in [1.29, 1.82) is 0 Å². The summed E-state index contributed by atoms with van der Waals surface area (Å²) in [5.74, 6) is -0.743. The van der Waals surface area contributed by atoms with Crippen LogP contribution in [0.15, 0.2) is 48.5 Å². The average molecular weight is 330 g/mol. The maximum Gasteiger partial charge on any atom is 0.258 e. The van der Waals surface area contributed by atoms with Gasteiger partial charge in [-0.25, -0.2) is 4.39 Å². The number of anilines is 1. The first-order chi connectivity index (χ1) is 11.6. The highest BCUT2D eigenvalue weighted by Gasteiger charge is 2.08. The molecule has 0 radical (unpaired) electrons. The molecule has 0 aromatic heterocycles. The normalized spacial score (nSPS) is 10.1. The van der Waals surface area contributed by atoms with Gasteiger partial charge in [-0.15, -0.1) is 0 Å². The standard InChI is InChI=1S/C18H19FN2O3/c1-2-13-5-3-4-6-16(13)21-17(22)11-20-18(23)12-24-15-9-7-14(19)8-10-15/h3-10H,2,11-12H2,1H3,(H,20,23)(H,21,22). The lowest BCUT2D eigenvalue weighted by Gasteiger charge is -2.10. The molecule has 0 atom stereocenters. The van der Waals surface area contributed by atoms with E-state index in [4.69, 9.17) is 4.74 Å². The Morgan fingerprint density at radius 3 is 2.46 bits per heavy atom. The van der Waals surface area contributed by atoms with Crippen LogP contribution in [0.2, 0.25) is 0 Å². The first-order valence-corrected chi connectivity index (χ1v) is 7.61. The van der Waals surface area contributed by atoms with Crippen molar-refractivity contribution >= 4 is 17.5 Å². The fraction of sp³-hybridized carbons (Fsp3) is 0.222. The number of halogens is 1. The SMILES string of the molecule is CCc1ccccc1NC(=O)CNC(=O)COc1ccc(F)cc1. The molecule has 0 aliphatic rings. The summed E-state index contributed by atoms with van der Waals surface area (Å²) < 4.78 is 17.9. The first-order valence-electron chi connectivity index (χ1n) is 7.61. The number of hydrogen-bond donors (Lipinski definition) is 2. The Hall–Kier alpha value is -2.89. The van der Waals surface area contributed by atoms with Gasteiger partial charge in [-0.05, 0) is 42.3 Å². The highest BCUT2D eigenvalue weighted by atomic mass is 19.1. The molecule has 6 heteroatoms. The lowest BCUT2D eigenvalue weighted by molar-refractivity contribution is -0.125. The molecule has 2 aromatic rings. The first kappa shape index (κ1) is 17.5. The topological polar surface area (TPSA) is 67.4 Å². The van der Waals surface area contributed by atoms with Crippen molar-refractivity contribution < 1.29 is 18.7 Å². The monoisotopic (exact) mass is 330 g/mol. The Balaban J connectivity index is 1.74. The molecule has 0 saturated heterocycles. The molecule has 0 saturated carbocycles. The molecule has 0 heterocycles. The third kappa shape index (κ3) is 5.39. The molecule has 24 heavy (non-hydrogen) atoms. The minimum absolute atomic E-state index is 0.149. The maximum atomic E-state index is 12.7. The minimum Gasteiger partial charge on any atom is -0.484 e. The highest BCUT2D eigenvalue weighted by molar-refractivity contribution is 5.95. The lowest BCUT2D eigenvalue weighted by Crippen LogP contribution is -2.35. The van der Waals surface area contributed by atoms with E-state index in [1.807, 2.05) is 31.2 Å². The van der Waals surface area contributed by atoms with E-state index >= 15 is 0 Å². The van der Waals surface area contributed by atoms with E-state index in [0.29, 0.717) is 5.75 Å². The Kier molecular flexibility index (Phi) is 6.31. The summed E-state index contributed by atoms with van der Waals surface area (Å²) in [4.78, 5) is 23.6.